The number of halogens is 1. The number of aliphatic hydroxyl groups excluding tert-OH is 1. The molecule has 0 amide bonds. The van der Waals surface area contributed by atoms with Crippen molar-refractivity contribution >= 4 is 0 Å². The van der Waals surface area contributed by atoms with E-state index in [1.165, 1.54) is 18.6 Å². The minimum absolute atomic E-state index is 0.0529. The molecule has 1 heterocycles. The summed E-state index contributed by atoms with van der Waals surface area (Å²) in [5.41, 5.74) is 0.671. The Morgan fingerprint density at radius 3 is 3.00 bits per heavy atom. The molecule has 1 aliphatic heterocycles. The van der Waals surface area contributed by atoms with Gasteiger partial charge in [-0.05, 0) is 37.0 Å². The average molecular weight is 251 g/mol. The average Bonchev–Trinajstić information content (AvgIpc) is 2.39. The molecule has 1 aromatic carbocycles. The van der Waals surface area contributed by atoms with Gasteiger partial charge in [-0.1, -0.05) is 31.9 Å². The molecule has 2 rings (SSSR count). The first-order valence-corrected chi connectivity index (χ1v) is 6.90. The van der Waals surface area contributed by atoms with E-state index < -0.39 is 6.10 Å². The van der Waals surface area contributed by atoms with Crippen molar-refractivity contribution in [3.05, 3.63) is 35.6 Å². The number of aliphatic hydroxyl groups is 1. The number of hydrogen-bond acceptors (Lipinski definition) is 2. The highest BCUT2D eigenvalue weighted by molar-refractivity contribution is 5.20. The standard InChI is InChI=1S/C15H22FNO/c1-2-5-13-8-4-9-14(17-13)15(18)11-6-3-7-12(16)10-11/h3,6-7,10,13-15,17-18H,2,4-5,8-9H2,1H3/t13-,14-,15+/m1/s1. The minimum atomic E-state index is -0.611. The van der Waals surface area contributed by atoms with Crippen LogP contribution >= 0.6 is 0 Å². The summed E-state index contributed by atoms with van der Waals surface area (Å²) in [4.78, 5) is 0. The van der Waals surface area contributed by atoms with Gasteiger partial charge in [0.1, 0.15) is 5.82 Å². The van der Waals surface area contributed by atoms with Crippen molar-refractivity contribution < 1.29 is 9.50 Å². The van der Waals surface area contributed by atoms with Gasteiger partial charge in [-0.3, -0.25) is 0 Å². The van der Waals surface area contributed by atoms with Crippen LogP contribution in [-0.4, -0.2) is 17.2 Å². The zero-order chi connectivity index (χ0) is 13.0. The van der Waals surface area contributed by atoms with Gasteiger partial charge in [0.25, 0.3) is 0 Å². The van der Waals surface area contributed by atoms with Crippen molar-refractivity contribution in [2.45, 2.75) is 57.2 Å². The third-order valence-corrected chi connectivity index (χ3v) is 3.73. The second kappa shape index (κ2) is 6.30. The van der Waals surface area contributed by atoms with E-state index in [-0.39, 0.29) is 11.9 Å². The number of rotatable bonds is 4. The summed E-state index contributed by atoms with van der Waals surface area (Å²) in [6.07, 6.45) is 4.96. The van der Waals surface area contributed by atoms with Crippen LogP contribution in [0, 0.1) is 5.82 Å². The Kier molecular flexibility index (Phi) is 4.72. The topological polar surface area (TPSA) is 32.3 Å². The highest BCUT2D eigenvalue weighted by Gasteiger charge is 2.27. The SMILES string of the molecule is CCC[C@@H]1CCC[C@H]([C@@H](O)c2cccc(F)c2)N1. The van der Waals surface area contributed by atoms with Crippen LogP contribution in [0.25, 0.3) is 0 Å². The molecule has 18 heavy (non-hydrogen) atoms. The summed E-state index contributed by atoms with van der Waals surface area (Å²) in [6, 6.07) is 6.83. The van der Waals surface area contributed by atoms with Crippen molar-refractivity contribution in [1.82, 2.24) is 5.32 Å². The predicted octanol–water partition coefficient (Wildman–Crippen LogP) is 3.17. The van der Waals surface area contributed by atoms with E-state index in [0.717, 1.165) is 25.7 Å². The van der Waals surface area contributed by atoms with E-state index in [4.69, 9.17) is 0 Å². The van der Waals surface area contributed by atoms with E-state index in [0.29, 0.717) is 11.6 Å². The maximum absolute atomic E-state index is 13.2. The van der Waals surface area contributed by atoms with E-state index in [1.54, 1.807) is 12.1 Å². The lowest BCUT2D eigenvalue weighted by molar-refractivity contribution is 0.0995. The highest BCUT2D eigenvalue weighted by Crippen LogP contribution is 2.26. The van der Waals surface area contributed by atoms with Gasteiger partial charge in [0.05, 0.1) is 6.10 Å². The molecule has 0 radical (unpaired) electrons. The van der Waals surface area contributed by atoms with E-state index in [2.05, 4.69) is 12.2 Å². The second-order valence-electron chi connectivity index (χ2n) is 5.19. The summed E-state index contributed by atoms with van der Waals surface area (Å²) in [5, 5.41) is 13.8. The fraction of sp³-hybridized carbons (Fsp3) is 0.600. The summed E-state index contributed by atoms with van der Waals surface area (Å²) in [7, 11) is 0. The molecule has 0 saturated carbocycles. The van der Waals surface area contributed by atoms with Crippen molar-refractivity contribution in [1.29, 1.82) is 0 Å². The number of piperidine rings is 1. The van der Waals surface area contributed by atoms with Gasteiger partial charge in [-0.25, -0.2) is 4.39 Å². The van der Waals surface area contributed by atoms with Crippen LogP contribution in [0.2, 0.25) is 0 Å². The van der Waals surface area contributed by atoms with Crippen LogP contribution in [0.4, 0.5) is 4.39 Å². The molecule has 2 N–H and O–H groups in total. The van der Waals surface area contributed by atoms with E-state index in [1.807, 2.05) is 0 Å². The number of hydrogen-bond donors (Lipinski definition) is 2. The molecular formula is C15H22FNO. The van der Waals surface area contributed by atoms with Crippen LogP contribution in [-0.2, 0) is 0 Å². The molecular weight excluding hydrogens is 229 g/mol. The largest absolute Gasteiger partial charge is 0.387 e. The fourth-order valence-electron chi connectivity index (χ4n) is 2.80. The van der Waals surface area contributed by atoms with Gasteiger partial charge in [-0.15, -0.1) is 0 Å². The van der Waals surface area contributed by atoms with Gasteiger partial charge < -0.3 is 10.4 Å². The Labute approximate surface area is 108 Å². The summed E-state index contributed by atoms with van der Waals surface area (Å²) in [5.74, 6) is -0.285. The zero-order valence-corrected chi connectivity index (χ0v) is 10.9. The molecule has 1 aliphatic rings. The third-order valence-electron chi connectivity index (χ3n) is 3.73. The number of benzene rings is 1. The quantitative estimate of drug-likeness (QED) is 0.861. The third kappa shape index (κ3) is 3.30. The molecule has 3 heteroatoms. The normalized spacial score (nSPS) is 25.9. The van der Waals surface area contributed by atoms with Gasteiger partial charge in [0, 0.05) is 12.1 Å². The first-order chi connectivity index (χ1) is 8.70. The van der Waals surface area contributed by atoms with Gasteiger partial charge >= 0.3 is 0 Å². The lowest BCUT2D eigenvalue weighted by Crippen LogP contribution is -2.45. The summed E-state index contributed by atoms with van der Waals surface area (Å²) >= 11 is 0. The lowest BCUT2D eigenvalue weighted by Gasteiger charge is -2.34. The zero-order valence-electron chi connectivity index (χ0n) is 10.9. The summed E-state index contributed by atoms with van der Waals surface area (Å²) in [6.45, 7) is 2.17. The molecule has 0 spiro atoms. The number of nitrogens with one attached hydrogen (secondary N) is 1. The fourth-order valence-corrected chi connectivity index (χ4v) is 2.80. The second-order valence-corrected chi connectivity index (χ2v) is 5.19. The van der Waals surface area contributed by atoms with Crippen molar-refractivity contribution in [3.63, 3.8) is 0 Å². The van der Waals surface area contributed by atoms with Crippen LogP contribution in [0.3, 0.4) is 0 Å². The predicted molar refractivity (Wildman–Crippen MR) is 70.8 cm³/mol. The molecule has 100 valence electrons. The van der Waals surface area contributed by atoms with Gasteiger partial charge in [0.15, 0.2) is 0 Å². The monoisotopic (exact) mass is 251 g/mol. The molecule has 1 saturated heterocycles. The smallest absolute Gasteiger partial charge is 0.123 e. The van der Waals surface area contributed by atoms with Crippen molar-refractivity contribution in [2.24, 2.45) is 0 Å². The van der Waals surface area contributed by atoms with Crippen LogP contribution in [0.5, 0.6) is 0 Å². The Hall–Kier alpha value is -0.930. The van der Waals surface area contributed by atoms with Crippen molar-refractivity contribution in [2.75, 3.05) is 0 Å². The Morgan fingerprint density at radius 1 is 1.44 bits per heavy atom. The van der Waals surface area contributed by atoms with E-state index in [9.17, 15) is 9.50 Å². The first kappa shape index (κ1) is 13.5. The van der Waals surface area contributed by atoms with Crippen LogP contribution in [0.1, 0.15) is 50.7 Å². The maximum atomic E-state index is 13.2. The molecule has 0 aliphatic carbocycles. The molecule has 0 bridgehead atoms. The van der Waals surface area contributed by atoms with Gasteiger partial charge in [0.2, 0.25) is 0 Å². The Morgan fingerprint density at radius 2 is 2.28 bits per heavy atom. The molecule has 1 fully saturated rings. The van der Waals surface area contributed by atoms with Gasteiger partial charge in [-0.2, -0.15) is 0 Å². The maximum Gasteiger partial charge on any atom is 0.123 e. The summed E-state index contributed by atoms with van der Waals surface area (Å²) < 4.78 is 13.2. The minimum Gasteiger partial charge on any atom is -0.387 e. The van der Waals surface area contributed by atoms with E-state index >= 15 is 0 Å². The molecule has 0 aromatic heterocycles. The highest BCUT2D eigenvalue weighted by atomic mass is 19.1. The molecule has 0 unspecified atom stereocenters. The first-order valence-electron chi connectivity index (χ1n) is 6.90. The lowest BCUT2D eigenvalue weighted by atomic mass is 9.90. The Bertz CT molecular complexity index is 381. The Balaban J connectivity index is 2.02. The van der Waals surface area contributed by atoms with Crippen LogP contribution in [0.15, 0.2) is 24.3 Å². The molecule has 1 aromatic rings. The van der Waals surface area contributed by atoms with Crippen LogP contribution < -0.4 is 5.32 Å². The molecule has 2 nitrogen and oxygen atoms in total. The van der Waals surface area contributed by atoms with Crippen molar-refractivity contribution in [3.8, 4) is 0 Å². The molecule has 3 atom stereocenters.